The molecule has 2 aromatic rings. The van der Waals surface area contributed by atoms with E-state index in [1.807, 2.05) is 31.2 Å². The number of rotatable bonds is 7. The predicted molar refractivity (Wildman–Crippen MR) is 135 cm³/mol. The molecule has 35 heavy (non-hydrogen) atoms. The Bertz CT molecular complexity index is 1090. The Morgan fingerprint density at radius 3 is 2.40 bits per heavy atom. The van der Waals surface area contributed by atoms with Crippen LogP contribution in [0.5, 0.6) is 5.75 Å². The van der Waals surface area contributed by atoms with Crippen LogP contribution in [0.25, 0.3) is 0 Å². The van der Waals surface area contributed by atoms with E-state index in [1.165, 1.54) is 5.56 Å². The Labute approximate surface area is 207 Å². The fraction of sp³-hybridized carbons (Fsp3) is 0.464. The zero-order valence-electron chi connectivity index (χ0n) is 21.1. The molecule has 2 aliphatic rings. The fourth-order valence-electron chi connectivity index (χ4n) is 4.98. The number of likely N-dealkylation sites (tertiary alicyclic amines) is 1. The van der Waals surface area contributed by atoms with E-state index in [0.717, 1.165) is 28.2 Å². The van der Waals surface area contributed by atoms with E-state index in [2.05, 4.69) is 36.9 Å². The van der Waals surface area contributed by atoms with Gasteiger partial charge >= 0.3 is 5.97 Å². The van der Waals surface area contributed by atoms with Gasteiger partial charge < -0.3 is 9.47 Å². The maximum absolute atomic E-state index is 13.5. The van der Waals surface area contributed by atoms with Crippen LogP contribution in [0.4, 0.5) is 0 Å². The highest BCUT2D eigenvalue weighted by Gasteiger charge is 2.35. The molecule has 186 valence electrons. The van der Waals surface area contributed by atoms with Crippen LogP contribution in [0.2, 0.25) is 0 Å². The summed E-state index contributed by atoms with van der Waals surface area (Å²) in [5, 5.41) is 6.51. The summed E-state index contributed by atoms with van der Waals surface area (Å²) in [7, 11) is 1.65. The molecule has 1 atom stereocenters. The van der Waals surface area contributed by atoms with E-state index in [-0.39, 0.29) is 30.4 Å². The van der Waals surface area contributed by atoms with Crippen LogP contribution in [0.1, 0.15) is 54.5 Å². The number of carbonyl (C=O) groups is 2. The lowest BCUT2D eigenvalue weighted by molar-refractivity contribution is -0.149. The molecule has 7 nitrogen and oxygen atoms in total. The average molecular weight is 478 g/mol. The summed E-state index contributed by atoms with van der Waals surface area (Å²) in [4.78, 5) is 27.7. The van der Waals surface area contributed by atoms with E-state index in [0.29, 0.717) is 39.0 Å². The van der Waals surface area contributed by atoms with Gasteiger partial charge in [0.25, 0.3) is 5.91 Å². The highest BCUT2D eigenvalue weighted by atomic mass is 16.5. The van der Waals surface area contributed by atoms with Crippen molar-refractivity contribution in [3.8, 4) is 5.75 Å². The van der Waals surface area contributed by atoms with Gasteiger partial charge in [-0.2, -0.15) is 5.10 Å². The quantitative estimate of drug-likeness (QED) is 0.557. The van der Waals surface area contributed by atoms with Crippen LogP contribution in [0.3, 0.4) is 0 Å². The van der Waals surface area contributed by atoms with Gasteiger partial charge in [-0.1, -0.05) is 35.9 Å². The average Bonchev–Trinajstić information content (AvgIpc) is 3.30. The molecule has 0 spiro atoms. The number of hydrazone groups is 1. The molecule has 4 rings (SSSR count). The molecule has 1 amide bonds. The summed E-state index contributed by atoms with van der Waals surface area (Å²) in [6.07, 6.45) is 2.09. The van der Waals surface area contributed by atoms with Gasteiger partial charge in [-0.25, -0.2) is 5.01 Å². The zero-order valence-corrected chi connectivity index (χ0v) is 21.1. The molecular weight excluding hydrogens is 442 g/mol. The van der Waals surface area contributed by atoms with Crippen molar-refractivity contribution in [3.05, 3.63) is 64.7 Å². The highest BCUT2D eigenvalue weighted by Crippen LogP contribution is 2.34. The molecule has 1 saturated heterocycles. The zero-order chi connectivity index (χ0) is 24.9. The number of amides is 1. The van der Waals surface area contributed by atoms with Crippen molar-refractivity contribution in [1.82, 2.24) is 9.91 Å². The third-order valence-corrected chi connectivity index (χ3v) is 6.93. The lowest BCUT2D eigenvalue weighted by atomic mass is 9.95. The molecule has 0 radical (unpaired) electrons. The fourth-order valence-corrected chi connectivity index (χ4v) is 4.98. The molecule has 0 aromatic heterocycles. The second kappa shape index (κ2) is 11.0. The van der Waals surface area contributed by atoms with E-state index in [4.69, 9.17) is 14.6 Å². The topological polar surface area (TPSA) is 71.4 Å². The first-order chi connectivity index (χ1) is 16.9. The number of esters is 1. The largest absolute Gasteiger partial charge is 0.497 e. The first-order valence-corrected chi connectivity index (χ1v) is 12.4. The summed E-state index contributed by atoms with van der Waals surface area (Å²) in [6, 6.07) is 14.0. The van der Waals surface area contributed by atoms with Gasteiger partial charge in [-0.05, 0) is 70.0 Å². The van der Waals surface area contributed by atoms with Crippen LogP contribution < -0.4 is 4.74 Å². The van der Waals surface area contributed by atoms with E-state index < -0.39 is 0 Å². The minimum Gasteiger partial charge on any atom is -0.497 e. The summed E-state index contributed by atoms with van der Waals surface area (Å²) in [5.41, 5.74) is 5.41. The molecule has 1 fully saturated rings. The van der Waals surface area contributed by atoms with Crippen molar-refractivity contribution in [3.63, 3.8) is 0 Å². The standard InChI is InChI=1S/C28H35N3O4/c1-5-35-28(33)22-12-14-30(15-13-22)18-27(32)31-26(21-7-9-23(34-4)10-8-21)17-25(29-31)24-11-6-19(2)16-20(24)3/h6-11,16,22,26H,5,12-15,17-18H2,1-4H3. The molecule has 2 aliphatic heterocycles. The Morgan fingerprint density at radius 2 is 1.77 bits per heavy atom. The van der Waals surface area contributed by atoms with Crippen LogP contribution in [-0.2, 0) is 14.3 Å². The summed E-state index contributed by atoms with van der Waals surface area (Å²) in [6.45, 7) is 8.08. The van der Waals surface area contributed by atoms with Crippen molar-refractivity contribution in [2.45, 2.75) is 46.1 Å². The number of ether oxygens (including phenoxy) is 2. The molecule has 2 heterocycles. The van der Waals surface area contributed by atoms with Gasteiger partial charge in [0.05, 0.1) is 37.9 Å². The minimum absolute atomic E-state index is 0.0276. The first kappa shape index (κ1) is 24.9. The maximum atomic E-state index is 13.5. The van der Waals surface area contributed by atoms with Crippen molar-refractivity contribution < 1.29 is 19.1 Å². The maximum Gasteiger partial charge on any atom is 0.309 e. The number of hydrogen-bond acceptors (Lipinski definition) is 6. The molecular formula is C28H35N3O4. The minimum atomic E-state index is -0.166. The van der Waals surface area contributed by atoms with Gasteiger partial charge in [-0.15, -0.1) is 0 Å². The summed E-state index contributed by atoms with van der Waals surface area (Å²) in [5.74, 6) is 0.555. The lowest BCUT2D eigenvalue weighted by Crippen LogP contribution is -2.43. The Balaban J connectivity index is 1.52. The van der Waals surface area contributed by atoms with Crippen molar-refractivity contribution in [2.24, 2.45) is 11.0 Å². The SMILES string of the molecule is CCOC(=O)C1CCN(CC(=O)N2N=C(c3ccc(C)cc3C)CC2c2ccc(OC)cc2)CC1. The number of aryl methyl sites for hydroxylation is 2. The van der Waals surface area contributed by atoms with Crippen LogP contribution in [0, 0.1) is 19.8 Å². The summed E-state index contributed by atoms with van der Waals surface area (Å²) < 4.78 is 10.5. The van der Waals surface area contributed by atoms with Crippen LogP contribution in [0.15, 0.2) is 47.6 Å². The third kappa shape index (κ3) is 5.73. The molecule has 0 N–H and O–H groups in total. The Hall–Kier alpha value is -3.19. The van der Waals surface area contributed by atoms with Crippen LogP contribution in [-0.4, -0.2) is 60.8 Å². The number of benzene rings is 2. The van der Waals surface area contributed by atoms with Gasteiger partial charge in [-0.3, -0.25) is 14.5 Å². The van der Waals surface area contributed by atoms with E-state index >= 15 is 0 Å². The Morgan fingerprint density at radius 1 is 1.06 bits per heavy atom. The Kier molecular flexibility index (Phi) is 7.86. The normalized spacial score (nSPS) is 18.9. The van der Waals surface area contributed by atoms with Crippen LogP contribution >= 0.6 is 0 Å². The second-order valence-electron chi connectivity index (χ2n) is 9.40. The van der Waals surface area contributed by atoms with Crippen molar-refractivity contribution in [2.75, 3.05) is 33.4 Å². The predicted octanol–water partition coefficient (Wildman–Crippen LogP) is 4.26. The molecule has 2 aromatic carbocycles. The van der Waals surface area contributed by atoms with Gasteiger partial charge in [0.1, 0.15) is 5.75 Å². The first-order valence-electron chi connectivity index (χ1n) is 12.4. The monoisotopic (exact) mass is 477 g/mol. The number of piperidine rings is 1. The van der Waals surface area contributed by atoms with Crippen molar-refractivity contribution in [1.29, 1.82) is 0 Å². The third-order valence-electron chi connectivity index (χ3n) is 6.93. The molecule has 0 saturated carbocycles. The smallest absolute Gasteiger partial charge is 0.309 e. The molecule has 0 aliphatic carbocycles. The number of nitrogens with zero attached hydrogens (tertiary/aromatic N) is 3. The van der Waals surface area contributed by atoms with E-state index in [9.17, 15) is 9.59 Å². The lowest BCUT2D eigenvalue weighted by Gasteiger charge is -2.32. The number of hydrogen-bond donors (Lipinski definition) is 0. The van der Waals surface area contributed by atoms with Gasteiger partial charge in [0, 0.05) is 12.0 Å². The molecule has 0 bridgehead atoms. The number of carbonyl (C=O) groups excluding carboxylic acids is 2. The van der Waals surface area contributed by atoms with Gasteiger partial charge in [0.2, 0.25) is 0 Å². The van der Waals surface area contributed by atoms with E-state index in [1.54, 1.807) is 12.1 Å². The second-order valence-corrected chi connectivity index (χ2v) is 9.40. The highest BCUT2D eigenvalue weighted by molar-refractivity contribution is 6.04. The van der Waals surface area contributed by atoms with Crippen molar-refractivity contribution >= 4 is 17.6 Å². The van der Waals surface area contributed by atoms with Gasteiger partial charge in [0.15, 0.2) is 0 Å². The molecule has 1 unspecified atom stereocenters. The summed E-state index contributed by atoms with van der Waals surface area (Å²) >= 11 is 0. The molecule has 7 heteroatoms. The number of methoxy groups -OCH3 is 1.